The molecule has 1 aliphatic rings. The molecule has 0 fully saturated rings. The van der Waals surface area contributed by atoms with Crippen LogP contribution in [0.2, 0.25) is 10.0 Å². The molecule has 1 N–H and O–H groups in total. The van der Waals surface area contributed by atoms with Gasteiger partial charge in [-0.3, -0.25) is 14.7 Å². The number of hydrogen-bond donors (Lipinski definition) is 1. The first-order chi connectivity index (χ1) is 11.1. The number of nitrogens with zero attached hydrogens (tertiary/aromatic N) is 2. The van der Waals surface area contributed by atoms with Crippen LogP contribution in [0.15, 0.2) is 53.5 Å². The lowest BCUT2D eigenvalue weighted by atomic mass is 10.1. The van der Waals surface area contributed by atoms with Crippen molar-refractivity contribution in [1.29, 1.82) is 0 Å². The molecule has 118 valence electrons. The maximum Gasteiger partial charge on any atom is 0.233 e. The highest BCUT2D eigenvalue weighted by Gasteiger charge is 2.24. The van der Waals surface area contributed by atoms with Gasteiger partial charge in [0.1, 0.15) is 0 Å². The Bertz CT molecular complexity index is 747. The van der Waals surface area contributed by atoms with E-state index in [9.17, 15) is 4.79 Å². The number of halogens is 2. The van der Waals surface area contributed by atoms with E-state index < -0.39 is 0 Å². The number of anilines is 1. The van der Waals surface area contributed by atoms with Crippen molar-refractivity contribution in [2.75, 3.05) is 18.4 Å². The van der Waals surface area contributed by atoms with E-state index in [-0.39, 0.29) is 5.91 Å². The third kappa shape index (κ3) is 3.84. The molecule has 1 heterocycles. The molecule has 1 aliphatic heterocycles. The number of guanidine groups is 1. The highest BCUT2D eigenvalue weighted by Crippen LogP contribution is 2.26. The van der Waals surface area contributed by atoms with E-state index in [1.807, 2.05) is 30.3 Å². The molecule has 1 amide bonds. The molecule has 0 atom stereocenters. The lowest BCUT2D eigenvalue weighted by molar-refractivity contribution is -0.126. The summed E-state index contributed by atoms with van der Waals surface area (Å²) in [7, 11) is 0. The quantitative estimate of drug-likeness (QED) is 0.916. The van der Waals surface area contributed by atoms with Crippen LogP contribution in [-0.4, -0.2) is 29.9 Å². The van der Waals surface area contributed by atoms with Gasteiger partial charge in [0, 0.05) is 11.6 Å². The van der Waals surface area contributed by atoms with Crippen molar-refractivity contribution in [1.82, 2.24) is 4.90 Å². The van der Waals surface area contributed by atoms with Gasteiger partial charge in [-0.15, -0.1) is 0 Å². The fourth-order valence-electron chi connectivity index (χ4n) is 2.37. The third-order valence-corrected chi connectivity index (χ3v) is 4.07. The second-order valence-corrected chi connectivity index (χ2v) is 6.01. The molecule has 0 bridgehead atoms. The summed E-state index contributed by atoms with van der Waals surface area (Å²) in [6.07, 6.45) is 0.343. The topological polar surface area (TPSA) is 44.7 Å². The Morgan fingerprint density at radius 1 is 1.17 bits per heavy atom. The first kappa shape index (κ1) is 15.8. The van der Waals surface area contributed by atoms with Crippen LogP contribution in [-0.2, 0) is 11.2 Å². The van der Waals surface area contributed by atoms with Crippen LogP contribution in [0.5, 0.6) is 0 Å². The highest BCUT2D eigenvalue weighted by atomic mass is 35.5. The van der Waals surface area contributed by atoms with Gasteiger partial charge in [-0.2, -0.15) is 0 Å². The summed E-state index contributed by atoms with van der Waals surface area (Å²) < 4.78 is 0. The SMILES string of the molecule is O=C(Cc1ccccc1)N1CCN=C1Nc1ccc(Cl)cc1Cl. The van der Waals surface area contributed by atoms with Crippen molar-refractivity contribution in [3.8, 4) is 0 Å². The number of carbonyl (C=O) groups excluding carboxylic acids is 1. The fourth-order valence-corrected chi connectivity index (χ4v) is 2.83. The first-order valence-electron chi connectivity index (χ1n) is 7.24. The Balaban J connectivity index is 1.71. The monoisotopic (exact) mass is 347 g/mol. The molecule has 2 aromatic rings. The molecule has 4 nitrogen and oxygen atoms in total. The summed E-state index contributed by atoms with van der Waals surface area (Å²) in [5.74, 6) is 0.528. The van der Waals surface area contributed by atoms with Gasteiger partial charge in [-0.05, 0) is 23.8 Å². The van der Waals surface area contributed by atoms with Gasteiger partial charge in [0.2, 0.25) is 11.9 Å². The minimum atomic E-state index is 0.00466. The molecule has 23 heavy (non-hydrogen) atoms. The molecular formula is C17H15Cl2N3O. The fraction of sp³-hybridized carbons (Fsp3) is 0.176. The smallest absolute Gasteiger partial charge is 0.233 e. The minimum absolute atomic E-state index is 0.00466. The molecule has 3 rings (SSSR count). The molecule has 0 aromatic heterocycles. The predicted molar refractivity (Wildman–Crippen MR) is 94.2 cm³/mol. The number of benzene rings is 2. The van der Waals surface area contributed by atoms with E-state index in [2.05, 4.69) is 10.3 Å². The predicted octanol–water partition coefficient (Wildman–Crippen LogP) is 3.85. The Kier molecular flexibility index (Phi) is 4.84. The minimum Gasteiger partial charge on any atom is -0.325 e. The number of amides is 1. The average Bonchev–Trinajstić information content (AvgIpc) is 2.99. The van der Waals surface area contributed by atoms with Crippen molar-refractivity contribution < 1.29 is 4.79 Å². The summed E-state index contributed by atoms with van der Waals surface area (Å²) in [5.41, 5.74) is 1.66. The van der Waals surface area contributed by atoms with Gasteiger partial charge in [0.15, 0.2) is 0 Å². The number of nitrogens with one attached hydrogen (secondary N) is 1. The van der Waals surface area contributed by atoms with E-state index in [1.54, 1.807) is 23.1 Å². The molecule has 0 saturated heterocycles. The van der Waals surface area contributed by atoms with Gasteiger partial charge in [-0.25, -0.2) is 0 Å². The van der Waals surface area contributed by atoms with E-state index in [1.165, 1.54) is 0 Å². The van der Waals surface area contributed by atoms with Crippen molar-refractivity contribution in [3.05, 3.63) is 64.1 Å². The molecule has 0 unspecified atom stereocenters. The second-order valence-electron chi connectivity index (χ2n) is 5.16. The van der Waals surface area contributed by atoms with Gasteiger partial charge >= 0.3 is 0 Å². The standard InChI is InChI=1S/C17H15Cl2N3O/c18-13-6-7-15(14(19)11-13)21-17-20-8-9-22(17)16(23)10-12-4-2-1-3-5-12/h1-7,11H,8-10H2,(H,20,21). The maximum absolute atomic E-state index is 12.5. The Hall–Kier alpha value is -2.04. The van der Waals surface area contributed by atoms with Crippen LogP contribution in [0.4, 0.5) is 5.69 Å². The molecule has 0 saturated carbocycles. The molecule has 6 heteroatoms. The van der Waals surface area contributed by atoms with E-state index in [4.69, 9.17) is 23.2 Å². The zero-order chi connectivity index (χ0) is 16.2. The van der Waals surface area contributed by atoms with Crippen molar-refractivity contribution in [2.24, 2.45) is 4.99 Å². The van der Waals surface area contributed by atoms with Crippen LogP contribution in [0.3, 0.4) is 0 Å². The number of hydrogen-bond acceptors (Lipinski definition) is 3. The number of aliphatic imine (C=N–C) groups is 1. The largest absolute Gasteiger partial charge is 0.325 e. The van der Waals surface area contributed by atoms with E-state index in [0.29, 0.717) is 41.2 Å². The van der Waals surface area contributed by atoms with Crippen molar-refractivity contribution in [3.63, 3.8) is 0 Å². The zero-order valence-corrected chi connectivity index (χ0v) is 13.8. The van der Waals surface area contributed by atoms with Crippen LogP contribution >= 0.6 is 23.2 Å². The summed E-state index contributed by atoms with van der Waals surface area (Å²) in [5, 5.41) is 4.17. The van der Waals surface area contributed by atoms with Crippen molar-refractivity contribution >= 4 is 40.8 Å². The number of carbonyl (C=O) groups is 1. The maximum atomic E-state index is 12.5. The van der Waals surface area contributed by atoms with Crippen LogP contribution in [0.25, 0.3) is 0 Å². The van der Waals surface area contributed by atoms with Crippen LogP contribution in [0, 0.1) is 0 Å². The summed E-state index contributed by atoms with van der Waals surface area (Å²) in [4.78, 5) is 18.5. The highest BCUT2D eigenvalue weighted by molar-refractivity contribution is 6.36. The van der Waals surface area contributed by atoms with Crippen LogP contribution < -0.4 is 5.32 Å². The first-order valence-corrected chi connectivity index (χ1v) is 8.00. The van der Waals surface area contributed by atoms with Gasteiger partial charge < -0.3 is 5.32 Å². The zero-order valence-electron chi connectivity index (χ0n) is 12.3. The average molecular weight is 348 g/mol. The normalized spacial score (nSPS) is 13.8. The molecular weight excluding hydrogens is 333 g/mol. The Morgan fingerprint density at radius 3 is 2.70 bits per heavy atom. The Labute approximate surface area is 144 Å². The van der Waals surface area contributed by atoms with E-state index >= 15 is 0 Å². The van der Waals surface area contributed by atoms with Gasteiger partial charge in [-0.1, -0.05) is 53.5 Å². The summed E-state index contributed by atoms with van der Waals surface area (Å²) in [6.45, 7) is 1.15. The van der Waals surface area contributed by atoms with Crippen LogP contribution in [0.1, 0.15) is 5.56 Å². The Morgan fingerprint density at radius 2 is 1.96 bits per heavy atom. The van der Waals surface area contributed by atoms with E-state index in [0.717, 1.165) is 5.56 Å². The lowest BCUT2D eigenvalue weighted by Crippen LogP contribution is -2.39. The molecule has 0 aliphatic carbocycles. The van der Waals surface area contributed by atoms with Crippen molar-refractivity contribution in [2.45, 2.75) is 6.42 Å². The molecule has 2 aromatic carbocycles. The van der Waals surface area contributed by atoms with Gasteiger partial charge in [0.05, 0.1) is 23.7 Å². The summed E-state index contributed by atoms with van der Waals surface area (Å²) in [6, 6.07) is 14.8. The third-order valence-electron chi connectivity index (χ3n) is 3.52. The lowest BCUT2D eigenvalue weighted by Gasteiger charge is -2.20. The molecule has 0 radical (unpaired) electrons. The molecule has 0 spiro atoms. The number of rotatable bonds is 3. The van der Waals surface area contributed by atoms with Gasteiger partial charge in [0.25, 0.3) is 0 Å². The second kappa shape index (κ2) is 7.02. The summed E-state index contributed by atoms with van der Waals surface area (Å²) >= 11 is 12.1.